The van der Waals surface area contributed by atoms with Crippen molar-refractivity contribution in [3.05, 3.63) is 23.8 Å². The first kappa shape index (κ1) is 36.7. The maximum absolute atomic E-state index is 12.7. The van der Waals surface area contributed by atoms with Crippen molar-refractivity contribution < 1.29 is 47.6 Å². The molecule has 2 N–H and O–H groups in total. The lowest BCUT2D eigenvalue weighted by Crippen LogP contribution is -2.40. The summed E-state index contributed by atoms with van der Waals surface area (Å²) in [5, 5.41) is 0. The van der Waals surface area contributed by atoms with Crippen molar-refractivity contribution in [1.29, 1.82) is 0 Å². The Morgan fingerprint density at radius 2 is 1.17 bits per heavy atom. The highest BCUT2D eigenvalue weighted by Crippen LogP contribution is 2.30. The van der Waals surface area contributed by atoms with Crippen LogP contribution in [0.4, 0.5) is 9.59 Å². The molecule has 0 heterocycles. The van der Waals surface area contributed by atoms with E-state index in [0.717, 1.165) is 0 Å². The summed E-state index contributed by atoms with van der Waals surface area (Å²) in [5.41, 5.74) is 6.61. The fourth-order valence-corrected chi connectivity index (χ4v) is 3.20. The van der Waals surface area contributed by atoms with E-state index in [0.29, 0.717) is 30.2 Å². The summed E-state index contributed by atoms with van der Waals surface area (Å²) in [4.78, 5) is 49.5. The number of carbonyl (C=O) groups excluding carboxylic acids is 4. The molecule has 42 heavy (non-hydrogen) atoms. The molecule has 0 aliphatic rings. The number of rotatable bonds is 16. The highest BCUT2D eigenvalue weighted by Gasteiger charge is 2.27. The number of hydrogen-bond acceptors (Lipinski definition) is 11. The molecule has 0 aliphatic carbocycles. The Balaban J connectivity index is 2.92. The molecule has 0 aromatic heterocycles. The average Bonchev–Trinajstić information content (AvgIpc) is 2.88. The number of carbonyl (C=O) groups is 4. The van der Waals surface area contributed by atoms with Gasteiger partial charge in [0.15, 0.2) is 11.5 Å². The molecule has 0 bridgehead atoms. The van der Waals surface area contributed by atoms with Crippen LogP contribution in [0.2, 0.25) is 0 Å². The van der Waals surface area contributed by atoms with Gasteiger partial charge in [-0.25, -0.2) is 9.59 Å². The van der Waals surface area contributed by atoms with E-state index < -0.39 is 36.5 Å². The summed E-state index contributed by atoms with van der Waals surface area (Å²) in [7, 11) is 0. The maximum atomic E-state index is 12.7. The van der Waals surface area contributed by atoms with Crippen LogP contribution in [0.25, 0.3) is 0 Å². The lowest BCUT2D eigenvalue weighted by Gasteiger charge is -2.24. The zero-order valence-electron chi connectivity index (χ0n) is 26.5. The third kappa shape index (κ3) is 14.0. The number of nitrogens with two attached hydrogens (primary N) is 1. The van der Waals surface area contributed by atoms with Gasteiger partial charge < -0.3 is 34.2 Å². The lowest BCUT2D eigenvalue weighted by atomic mass is 9.98. The minimum absolute atomic E-state index is 0.0159. The molecular weight excluding hydrogens is 546 g/mol. The Kier molecular flexibility index (Phi) is 15.9. The van der Waals surface area contributed by atoms with Crippen molar-refractivity contribution in [2.24, 2.45) is 29.4 Å². The highest BCUT2D eigenvalue weighted by molar-refractivity contribution is 5.76. The highest BCUT2D eigenvalue weighted by atomic mass is 16.7. The van der Waals surface area contributed by atoms with E-state index in [1.54, 1.807) is 26.8 Å². The largest absolute Gasteiger partial charge is 0.513 e. The van der Waals surface area contributed by atoms with Crippen LogP contribution in [0.5, 0.6) is 11.5 Å². The minimum atomic E-state index is -1.08. The van der Waals surface area contributed by atoms with E-state index in [2.05, 4.69) is 0 Å². The molecule has 0 fully saturated rings. The Morgan fingerprint density at radius 3 is 1.64 bits per heavy atom. The molecule has 2 unspecified atom stereocenters. The van der Waals surface area contributed by atoms with Gasteiger partial charge >= 0.3 is 24.2 Å². The van der Waals surface area contributed by atoms with E-state index in [1.807, 2.05) is 41.5 Å². The zero-order chi connectivity index (χ0) is 32.0. The zero-order valence-corrected chi connectivity index (χ0v) is 26.5. The quantitative estimate of drug-likeness (QED) is 0.140. The Hall–Kier alpha value is -3.34. The summed E-state index contributed by atoms with van der Waals surface area (Å²) in [5.74, 6) is -0.764. The van der Waals surface area contributed by atoms with Crippen molar-refractivity contribution in [1.82, 2.24) is 0 Å². The fourth-order valence-electron chi connectivity index (χ4n) is 3.20. The van der Waals surface area contributed by atoms with Crippen molar-refractivity contribution in [3.63, 3.8) is 0 Å². The van der Waals surface area contributed by atoms with Gasteiger partial charge in [-0.05, 0) is 68.6 Å². The predicted molar refractivity (Wildman–Crippen MR) is 156 cm³/mol. The van der Waals surface area contributed by atoms with Crippen LogP contribution in [-0.2, 0) is 35.0 Å². The average molecular weight is 596 g/mol. The van der Waals surface area contributed by atoms with E-state index in [-0.39, 0.29) is 48.9 Å². The molecule has 11 heteroatoms. The third-order valence-corrected chi connectivity index (χ3v) is 6.62. The molecule has 0 aliphatic heterocycles. The maximum Gasteiger partial charge on any atom is 0.513 e. The molecule has 1 rings (SSSR count). The molecular formula is C31H49NO10. The minimum Gasteiger partial charge on any atom is -0.459 e. The summed E-state index contributed by atoms with van der Waals surface area (Å²) in [6, 6.07) is 3.33. The molecule has 0 saturated carbocycles. The molecule has 0 amide bonds. The number of esters is 2. The molecule has 4 atom stereocenters. The second-order valence-corrected chi connectivity index (χ2v) is 11.7. The summed E-state index contributed by atoms with van der Waals surface area (Å²) in [6.45, 7) is 17.2. The summed E-state index contributed by atoms with van der Waals surface area (Å²) < 4.78 is 31.7. The van der Waals surface area contributed by atoms with Gasteiger partial charge in [-0.1, -0.05) is 54.5 Å². The second-order valence-electron chi connectivity index (χ2n) is 11.7. The van der Waals surface area contributed by atoms with E-state index >= 15 is 0 Å². The predicted octanol–water partition coefficient (Wildman–Crippen LogP) is 5.83. The van der Waals surface area contributed by atoms with Crippen LogP contribution in [0.3, 0.4) is 0 Å². The van der Waals surface area contributed by atoms with Crippen LogP contribution in [0, 0.1) is 23.7 Å². The molecule has 0 saturated heterocycles. The standard InChI is InChI=1S/C31H49NO10/c1-18(2)12-14-37-30(35)41-26-11-10-24(17-27(26)42-31(36)38-15-13-19(3)4)16-25(32)29(34)40-23(9)22(8)39-28(33)21(7)20(5)6/h10-11,17-23,25H,12-16,32H2,1-9H3/t21?,22?,23-,25-/m0/s1. The fraction of sp³-hybridized carbons (Fsp3) is 0.677. The van der Waals surface area contributed by atoms with Crippen molar-refractivity contribution in [3.8, 4) is 11.5 Å². The smallest absolute Gasteiger partial charge is 0.459 e. The first-order valence-electron chi connectivity index (χ1n) is 14.6. The molecule has 1 aromatic carbocycles. The van der Waals surface area contributed by atoms with Crippen LogP contribution in [0.1, 0.15) is 80.7 Å². The van der Waals surface area contributed by atoms with E-state index in [1.165, 1.54) is 12.1 Å². The van der Waals surface area contributed by atoms with Gasteiger partial charge in [-0.3, -0.25) is 9.59 Å². The number of hydrogen-bond donors (Lipinski definition) is 1. The number of benzene rings is 1. The van der Waals surface area contributed by atoms with Gasteiger partial charge in [0.25, 0.3) is 0 Å². The third-order valence-electron chi connectivity index (χ3n) is 6.62. The molecule has 0 spiro atoms. The van der Waals surface area contributed by atoms with Gasteiger partial charge in [0.2, 0.25) is 0 Å². The van der Waals surface area contributed by atoms with Crippen LogP contribution in [0.15, 0.2) is 18.2 Å². The SMILES string of the molecule is CC(C)CCOC(=O)Oc1ccc(C[C@H](N)C(=O)O[C@@H](C)C(C)OC(=O)C(C)C(C)C)cc1OC(=O)OCCC(C)C. The summed E-state index contributed by atoms with van der Waals surface area (Å²) in [6.07, 6.45) is -2.01. The first-order valence-corrected chi connectivity index (χ1v) is 14.6. The monoisotopic (exact) mass is 595 g/mol. The van der Waals surface area contributed by atoms with Gasteiger partial charge in [-0.15, -0.1) is 0 Å². The summed E-state index contributed by atoms with van der Waals surface area (Å²) >= 11 is 0. The van der Waals surface area contributed by atoms with Crippen LogP contribution < -0.4 is 15.2 Å². The van der Waals surface area contributed by atoms with Crippen molar-refractivity contribution in [2.45, 2.75) is 99.8 Å². The van der Waals surface area contributed by atoms with Gasteiger partial charge in [0.05, 0.1) is 19.1 Å². The van der Waals surface area contributed by atoms with Gasteiger partial charge in [0, 0.05) is 0 Å². The molecule has 238 valence electrons. The Bertz CT molecular complexity index is 1020. The van der Waals surface area contributed by atoms with Crippen molar-refractivity contribution in [2.75, 3.05) is 13.2 Å². The lowest BCUT2D eigenvalue weighted by molar-refractivity contribution is -0.169. The molecule has 0 radical (unpaired) electrons. The Labute approximate surface area is 249 Å². The van der Waals surface area contributed by atoms with Crippen molar-refractivity contribution >= 4 is 24.2 Å². The topological polar surface area (TPSA) is 150 Å². The van der Waals surface area contributed by atoms with Crippen LogP contribution >= 0.6 is 0 Å². The Morgan fingerprint density at radius 1 is 0.690 bits per heavy atom. The van der Waals surface area contributed by atoms with Gasteiger partial charge in [0.1, 0.15) is 18.2 Å². The van der Waals surface area contributed by atoms with E-state index in [9.17, 15) is 19.2 Å². The molecule has 11 nitrogen and oxygen atoms in total. The molecule has 1 aromatic rings. The van der Waals surface area contributed by atoms with E-state index in [4.69, 9.17) is 34.2 Å². The second kappa shape index (κ2) is 18.3. The van der Waals surface area contributed by atoms with Gasteiger partial charge in [-0.2, -0.15) is 0 Å². The van der Waals surface area contributed by atoms with Crippen LogP contribution in [-0.4, -0.2) is 55.7 Å². The normalized spacial score (nSPS) is 14.1. The number of ether oxygens (including phenoxy) is 6. The first-order chi connectivity index (χ1) is 19.6.